The molecule has 1 saturated heterocycles. The fourth-order valence-corrected chi connectivity index (χ4v) is 1.42. The van der Waals surface area contributed by atoms with Gasteiger partial charge in [0.25, 0.3) is 0 Å². The summed E-state index contributed by atoms with van der Waals surface area (Å²) in [6.07, 6.45) is 1.44. The Morgan fingerprint density at radius 2 is 2.33 bits per heavy atom. The quantitative estimate of drug-likeness (QED) is 0.674. The summed E-state index contributed by atoms with van der Waals surface area (Å²) in [4.78, 5) is 2.41. The highest BCUT2D eigenvalue weighted by Crippen LogP contribution is 2.01. The molecule has 0 saturated carbocycles. The first kappa shape index (κ1) is 9.96. The van der Waals surface area contributed by atoms with Crippen LogP contribution in [0.2, 0.25) is 0 Å². The van der Waals surface area contributed by atoms with Crippen LogP contribution in [0.15, 0.2) is 0 Å². The van der Waals surface area contributed by atoms with Crippen LogP contribution in [0.5, 0.6) is 0 Å². The minimum Gasteiger partial charge on any atom is -0.361 e. The molecule has 1 rings (SSSR count). The molecule has 12 heavy (non-hydrogen) atoms. The Kier molecular flexibility index (Phi) is 4.58. The zero-order valence-electron chi connectivity index (χ0n) is 8.18. The average molecular weight is 172 g/mol. The lowest BCUT2D eigenvalue weighted by molar-refractivity contribution is -0.0434. The summed E-state index contributed by atoms with van der Waals surface area (Å²) in [5.41, 5.74) is 0. The van der Waals surface area contributed by atoms with Gasteiger partial charge >= 0.3 is 0 Å². The molecule has 0 bridgehead atoms. The predicted octanol–water partition coefficient (Wildman–Crippen LogP) is 0.664. The van der Waals surface area contributed by atoms with E-state index in [0.29, 0.717) is 0 Å². The van der Waals surface area contributed by atoms with Crippen molar-refractivity contribution in [3.05, 3.63) is 0 Å². The molecule has 1 fully saturated rings. The zero-order valence-corrected chi connectivity index (χ0v) is 8.18. The average Bonchev–Trinajstić information content (AvgIpc) is 2.15. The van der Waals surface area contributed by atoms with Crippen LogP contribution >= 0.6 is 0 Å². The zero-order chi connectivity index (χ0) is 8.81. The molecule has 0 spiro atoms. The second-order valence-corrected chi connectivity index (χ2v) is 3.21. The van der Waals surface area contributed by atoms with Gasteiger partial charge in [-0.05, 0) is 19.5 Å². The molecular weight excluding hydrogens is 152 g/mol. The van der Waals surface area contributed by atoms with Gasteiger partial charge in [0.15, 0.2) is 0 Å². The maximum atomic E-state index is 5.56. The van der Waals surface area contributed by atoms with E-state index in [2.05, 4.69) is 24.1 Å². The molecule has 72 valence electrons. The van der Waals surface area contributed by atoms with Crippen LogP contribution in [0.3, 0.4) is 0 Å². The van der Waals surface area contributed by atoms with Gasteiger partial charge in [-0.1, -0.05) is 13.8 Å². The highest BCUT2D eigenvalue weighted by molar-refractivity contribution is 4.68. The second kappa shape index (κ2) is 5.51. The van der Waals surface area contributed by atoms with Gasteiger partial charge in [0.1, 0.15) is 6.23 Å². The number of morpholine rings is 1. The van der Waals surface area contributed by atoms with Crippen LogP contribution in [-0.2, 0) is 4.74 Å². The number of ether oxygens (including phenoxy) is 1. The molecule has 0 aliphatic carbocycles. The third kappa shape index (κ3) is 3.09. The number of rotatable bonds is 4. The van der Waals surface area contributed by atoms with Crippen molar-refractivity contribution < 1.29 is 4.74 Å². The lowest BCUT2D eigenvalue weighted by atomic mass is 10.3. The lowest BCUT2D eigenvalue weighted by Crippen LogP contribution is -2.49. The maximum absolute atomic E-state index is 5.56. The van der Waals surface area contributed by atoms with Gasteiger partial charge in [0.2, 0.25) is 0 Å². The molecule has 0 aromatic rings. The van der Waals surface area contributed by atoms with Crippen molar-refractivity contribution in [3.63, 3.8) is 0 Å². The minimum absolute atomic E-state index is 0.263. The SMILES string of the molecule is CCCNC1CN(CC)CCO1. The molecule has 1 heterocycles. The molecule has 1 aliphatic rings. The van der Waals surface area contributed by atoms with Crippen LogP contribution in [0.1, 0.15) is 20.3 Å². The van der Waals surface area contributed by atoms with E-state index in [1.165, 1.54) is 6.42 Å². The Balaban J connectivity index is 2.16. The predicted molar refractivity (Wildman–Crippen MR) is 50.1 cm³/mol. The number of likely N-dealkylation sites (N-methyl/N-ethyl adjacent to an activating group) is 1. The van der Waals surface area contributed by atoms with Crippen molar-refractivity contribution in [1.29, 1.82) is 0 Å². The summed E-state index contributed by atoms with van der Waals surface area (Å²) < 4.78 is 5.56. The first-order chi connectivity index (χ1) is 5.86. The molecule has 1 N–H and O–H groups in total. The summed E-state index contributed by atoms with van der Waals surface area (Å²) in [6.45, 7) is 9.55. The largest absolute Gasteiger partial charge is 0.361 e. The van der Waals surface area contributed by atoms with Crippen LogP contribution in [0.4, 0.5) is 0 Å². The van der Waals surface area contributed by atoms with E-state index in [-0.39, 0.29) is 6.23 Å². The second-order valence-electron chi connectivity index (χ2n) is 3.21. The van der Waals surface area contributed by atoms with E-state index in [4.69, 9.17) is 4.74 Å². The summed E-state index contributed by atoms with van der Waals surface area (Å²) in [7, 11) is 0. The third-order valence-electron chi connectivity index (χ3n) is 2.22. The molecule has 1 unspecified atom stereocenters. The van der Waals surface area contributed by atoms with Crippen LogP contribution in [0.25, 0.3) is 0 Å². The van der Waals surface area contributed by atoms with E-state index in [1.54, 1.807) is 0 Å². The van der Waals surface area contributed by atoms with Crippen molar-refractivity contribution in [3.8, 4) is 0 Å². The van der Waals surface area contributed by atoms with Gasteiger partial charge in [-0.2, -0.15) is 0 Å². The fraction of sp³-hybridized carbons (Fsp3) is 1.00. The van der Waals surface area contributed by atoms with Crippen molar-refractivity contribution >= 4 is 0 Å². The van der Waals surface area contributed by atoms with E-state index in [1.807, 2.05) is 0 Å². The first-order valence-electron chi connectivity index (χ1n) is 4.94. The standard InChI is InChI=1S/C9H20N2O/c1-3-5-10-9-8-11(4-2)6-7-12-9/h9-10H,3-8H2,1-2H3. The molecule has 0 aromatic heterocycles. The molecule has 3 heteroatoms. The monoisotopic (exact) mass is 172 g/mol. The fourth-order valence-electron chi connectivity index (χ4n) is 1.42. The van der Waals surface area contributed by atoms with Crippen molar-refractivity contribution in [1.82, 2.24) is 10.2 Å². The van der Waals surface area contributed by atoms with E-state index in [0.717, 1.165) is 32.8 Å². The van der Waals surface area contributed by atoms with Crippen LogP contribution < -0.4 is 5.32 Å². The van der Waals surface area contributed by atoms with Gasteiger partial charge in [0.05, 0.1) is 6.61 Å². The van der Waals surface area contributed by atoms with Gasteiger partial charge in [-0.25, -0.2) is 0 Å². The van der Waals surface area contributed by atoms with Gasteiger partial charge < -0.3 is 4.74 Å². The number of hydrogen-bond acceptors (Lipinski definition) is 3. The number of nitrogens with one attached hydrogen (secondary N) is 1. The molecule has 3 nitrogen and oxygen atoms in total. The number of hydrogen-bond donors (Lipinski definition) is 1. The molecule has 0 radical (unpaired) electrons. The van der Waals surface area contributed by atoms with Crippen molar-refractivity contribution in [2.24, 2.45) is 0 Å². The highest BCUT2D eigenvalue weighted by atomic mass is 16.5. The van der Waals surface area contributed by atoms with Crippen LogP contribution in [0, 0.1) is 0 Å². The normalized spacial score (nSPS) is 26.0. The molecular formula is C9H20N2O. The van der Waals surface area contributed by atoms with E-state index in [9.17, 15) is 0 Å². The summed E-state index contributed by atoms with van der Waals surface area (Å²) >= 11 is 0. The van der Waals surface area contributed by atoms with Gasteiger partial charge in [-0.3, -0.25) is 10.2 Å². The number of nitrogens with zero attached hydrogens (tertiary/aromatic N) is 1. The van der Waals surface area contributed by atoms with Crippen LogP contribution in [-0.4, -0.2) is 43.9 Å². The Hall–Kier alpha value is -0.120. The summed E-state index contributed by atoms with van der Waals surface area (Å²) in [6, 6.07) is 0. The maximum Gasteiger partial charge on any atom is 0.121 e. The van der Waals surface area contributed by atoms with E-state index >= 15 is 0 Å². The first-order valence-corrected chi connectivity index (χ1v) is 4.94. The van der Waals surface area contributed by atoms with E-state index < -0.39 is 0 Å². The lowest BCUT2D eigenvalue weighted by Gasteiger charge is -2.32. The van der Waals surface area contributed by atoms with Gasteiger partial charge in [0, 0.05) is 13.1 Å². The third-order valence-corrected chi connectivity index (χ3v) is 2.22. The Morgan fingerprint density at radius 1 is 1.50 bits per heavy atom. The highest BCUT2D eigenvalue weighted by Gasteiger charge is 2.17. The molecule has 1 atom stereocenters. The Morgan fingerprint density at radius 3 is 3.00 bits per heavy atom. The van der Waals surface area contributed by atoms with Crippen molar-refractivity contribution in [2.75, 3.05) is 32.8 Å². The van der Waals surface area contributed by atoms with Gasteiger partial charge in [-0.15, -0.1) is 0 Å². The molecule has 0 aromatic carbocycles. The molecule has 0 amide bonds. The Labute approximate surface area is 75.1 Å². The Bertz CT molecular complexity index is 119. The molecule has 1 aliphatic heterocycles. The smallest absolute Gasteiger partial charge is 0.121 e. The summed E-state index contributed by atoms with van der Waals surface area (Å²) in [5, 5.41) is 3.37. The topological polar surface area (TPSA) is 24.5 Å². The summed E-state index contributed by atoms with van der Waals surface area (Å²) in [5.74, 6) is 0. The van der Waals surface area contributed by atoms with Crippen molar-refractivity contribution in [2.45, 2.75) is 26.5 Å². The minimum atomic E-state index is 0.263.